The molecule has 0 bridgehead atoms. The minimum Gasteiger partial charge on any atom is -0.497 e. The van der Waals surface area contributed by atoms with Crippen molar-refractivity contribution >= 4 is 16.6 Å². The van der Waals surface area contributed by atoms with Crippen LogP contribution < -0.4 is 9.47 Å². The van der Waals surface area contributed by atoms with Gasteiger partial charge >= 0.3 is 0 Å². The normalized spacial score (nSPS) is 16.6. The summed E-state index contributed by atoms with van der Waals surface area (Å²) < 4.78 is 59.3. The molecule has 4 aromatic carbocycles. The van der Waals surface area contributed by atoms with E-state index in [9.17, 15) is 13.9 Å². The first-order chi connectivity index (χ1) is 28.5. The third-order valence-electron chi connectivity index (χ3n) is 14.1. The van der Waals surface area contributed by atoms with Crippen LogP contribution in [0, 0.1) is 11.6 Å². The predicted octanol–water partition coefficient (Wildman–Crippen LogP) is 14.2. The number of hydrogen-bond acceptors (Lipinski definition) is 6. The molecule has 61 heavy (non-hydrogen) atoms. The quantitative estimate of drug-likeness (QED) is 0.135. The van der Waals surface area contributed by atoms with Crippen molar-refractivity contribution in [3.63, 3.8) is 0 Å². The first kappa shape index (κ1) is 48.6. The molecule has 2 fully saturated rings. The molecular formula is C51H72F2O6Si2. The number of halogens is 2. The van der Waals surface area contributed by atoms with Crippen LogP contribution in [-0.4, -0.2) is 43.1 Å². The third kappa shape index (κ3) is 11.1. The second-order valence-electron chi connectivity index (χ2n) is 20.2. The van der Waals surface area contributed by atoms with E-state index in [4.69, 9.17) is 23.1 Å². The minimum absolute atomic E-state index is 0.128. The largest absolute Gasteiger partial charge is 0.497 e. The molecule has 2 saturated carbocycles. The molecule has 0 atom stereocenters. The Morgan fingerprint density at radius 3 is 1.33 bits per heavy atom. The van der Waals surface area contributed by atoms with E-state index in [2.05, 4.69) is 79.9 Å². The van der Waals surface area contributed by atoms with Crippen LogP contribution in [0.1, 0.15) is 115 Å². The lowest BCUT2D eigenvalue weighted by molar-refractivity contribution is -0.00833. The SMILES string of the molecule is COc1ccc(F)c(-c2ccc(CO[Si](C)(C)C(C)(C)C)cc2C2(O)CCCC2)c1.COc1ccc(F)c(-c2ccc(CO[Si](C)(C)C(C)(C)C)cc2C2(OC)CCCC2)c1. The molecule has 0 unspecified atom stereocenters. The molecule has 2 aliphatic carbocycles. The van der Waals surface area contributed by atoms with E-state index in [1.165, 1.54) is 12.1 Å². The standard InChI is InChI=1S/C26H37FO3Si.C25H35FO3Si/c1-25(2,3)31(6,7)30-18-19-10-12-21(22-17-20(28-4)11-13-24(22)27)23(16-19)26(29-5)14-8-9-15-26;1-24(2,3)30(5,6)29-17-18-9-11-20(21-16-19(28-4)10-12-23(21)26)22(15-18)25(27)13-7-8-14-25/h10-13,16-17H,8-9,14-15,18H2,1-7H3;9-12,15-16,27H,7-8,13-14,17H2,1-6H3. The van der Waals surface area contributed by atoms with Gasteiger partial charge in [-0.1, -0.05) is 104 Å². The molecule has 0 spiro atoms. The first-order valence-electron chi connectivity index (χ1n) is 22.0. The van der Waals surface area contributed by atoms with Crippen molar-refractivity contribution in [2.45, 2.75) is 154 Å². The van der Waals surface area contributed by atoms with Crippen molar-refractivity contribution in [2.24, 2.45) is 0 Å². The summed E-state index contributed by atoms with van der Waals surface area (Å²) in [6.45, 7) is 23.5. The number of aliphatic hydroxyl groups is 1. The average Bonchev–Trinajstić information content (AvgIpc) is 3.90. The summed E-state index contributed by atoms with van der Waals surface area (Å²) in [5.41, 5.74) is 5.26. The van der Waals surface area contributed by atoms with Gasteiger partial charge in [-0.05, 0) is 132 Å². The molecule has 0 heterocycles. The molecule has 0 amide bonds. The van der Waals surface area contributed by atoms with Crippen LogP contribution in [0.5, 0.6) is 11.5 Å². The number of methoxy groups -OCH3 is 3. The van der Waals surface area contributed by atoms with Gasteiger partial charge in [0.05, 0.1) is 38.6 Å². The highest BCUT2D eigenvalue weighted by molar-refractivity contribution is 6.74. The van der Waals surface area contributed by atoms with Gasteiger partial charge in [0.2, 0.25) is 0 Å². The van der Waals surface area contributed by atoms with E-state index in [0.717, 1.165) is 71.9 Å². The lowest BCUT2D eigenvalue weighted by Gasteiger charge is -2.36. The molecule has 6 nitrogen and oxygen atoms in total. The van der Waals surface area contributed by atoms with Crippen LogP contribution in [0.15, 0.2) is 72.8 Å². The first-order valence-corrected chi connectivity index (χ1v) is 27.8. The summed E-state index contributed by atoms with van der Waals surface area (Å²) >= 11 is 0. The number of benzene rings is 4. The Bertz CT molecular complexity index is 2110. The molecule has 334 valence electrons. The van der Waals surface area contributed by atoms with E-state index in [0.29, 0.717) is 48.7 Å². The fourth-order valence-electron chi connectivity index (χ4n) is 7.99. The average molecular weight is 875 g/mol. The van der Waals surface area contributed by atoms with Crippen molar-refractivity contribution < 1.29 is 36.9 Å². The maximum absolute atomic E-state index is 14.9. The Morgan fingerprint density at radius 1 is 0.541 bits per heavy atom. The lowest BCUT2D eigenvalue weighted by Crippen LogP contribution is -2.40. The highest BCUT2D eigenvalue weighted by Crippen LogP contribution is 2.48. The fourth-order valence-corrected chi connectivity index (χ4v) is 9.91. The van der Waals surface area contributed by atoms with E-state index < -0.39 is 27.8 Å². The Morgan fingerprint density at radius 2 is 0.934 bits per heavy atom. The fraction of sp³-hybridized carbons (Fsp3) is 0.529. The summed E-state index contributed by atoms with van der Waals surface area (Å²) in [6.07, 6.45) is 7.43. The summed E-state index contributed by atoms with van der Waals surface area (Å²) in [7, 11) is 1.19. The van der Waals surface area contributed by atoms with Gasteiger partial charge in [0.15, 0.2) is 16.6 Å². The van der Waals surface area contributed by atoms with E-state index in [-0.39, 0.29) is 21.7 Å². The van der Waals surface area contributed by atoms with Crippen molar-refractivity contribution in [3.05, 3.63) is 107 Å². The van der Waals surface area contributed by atoms with Gasteiger partial charge in [-0.15, -0.1) is 0 Å². The van der Waals surface area contributed by atoms with E-state index in [1.807, 2.05) is 24.3 Å². The number of ether oxygens (including phenoxy) is 3. The van der Waals surface area contributed by atoms with Gasteiger partial charge in [0.1, 0.15) is 23.1 Å². The summed E-state index contributed by atoms with van der Waals surface area (Å²) in [5.74, 6) is 0.673. The predicted molar refractivity (Wildman–Crippen MR) is 250 cm³/mol. The molecule has 1 N–H and O–H groups in total. The molecule has 0 radical (unpaired) electrons. The van der Waals surface area contributed by atoms with Crippen molar-refractivity contribution in [3.8, 4) is 33.8 Å². The van der Waals surface area contributed by atoms with Crippen LogP contribution >= 0.6 is 0 Å². The van der Waals surface area contributed by atoms with Gasteiger partial charge in [-0.25, -0.2) is 8.78 Å². The molecule has 2 aliphatic rings. The summed E-state index contributed by atoms with van der Waals surface area (Å²) in [5, 5.41) is 11.7. The smallest absolute Gasteiger partial charge is 0.192 e. The monoisotopic (exact) mass is 874 g/mol. The van der Waals surface area contributed by atoms with E-state index >= 15 is 0 Å². The zero-order valence-electron chi connectivity index (χ0n) is 39.2. The van der Waals surface area contributed by atoms with Gasteiger partial charge in [-0.3, -0.25) is 0 Å². The van der Waals surface area contributed by atoms with Gasteiger partial charge in [0.25, 0.3) is 0 Å². The topological polar surface area (TPSA) is 66.4 Å². The third-order valence-corrected chi connectivity index (χ3v) is 23.1. The zero-order chi connectivity index (χ0) is 45.0. The van der Waals surface area contributed by atoms with Crippen LogP contribution in [0.3, 0.4) is 0 Å². The Hall–Kier alpha value is -3.39. The molecule has 6 rings (SSSR count). The Balaban J connectivity index is 0.000000231. The Kier molecular flexibility index (Phi) is 15.3. The highest BCUT2D eigenvalue weighted by Gasteiger charge is 2.41. The maximum atomic E-state index is 14.9. The minimum atomic E-state index is -1.89. The highest BCUT2D eigenvalue weighted by atomic mass is 28.4. The van der Waals surface area contributed by atoms with Crippen LogP contribution in [0.25, 0.3) is 22.3 Å². The van der Waals surface area contributed by atoms with Crippen LogP contribution in [0.4, 0.5) is 8.78 Å². The molecule has 0 aliphatic heterocycles. The molecule has 0 saturated heterocycles. The van der Waals surface area contributed by atoms with Crippen LogP contribution in [0.2, 0.25) is 36.3 Å². The number of rotatable bonds is 13. The second-order valence-corrected chi connectivity index (χ2v) is 29.8. The van der Waals surface area contributed by atoms with Crippen molar-refractivity contribution in [1.29, 1.82) is 0 Å². The molecule has 4 aromatic rings. The van der Waals surface area contributed by atoms with Gasteiger partial charge in [0, 0.05) is 18.2 Å². The number of hydrogen-bond donors (Lipinski definition) is 1. The molecular weight excluding hydrogens is 803 g/mol. The molecule has 0 aromatic heterocycles. The maximum Gasteiger partial charge on any atom is 0.192 e. The zero-order valence-corrected chi connectivity index (χ0v) is 41.2. The van der Waals surface area contributed by atoms with Gasteiger partial charge in [-0.2, -0.15) is 0 Å². The van der Waals surface area contributed by atoms with Gasteiger partial charge < -0.3 is 28.2 Å². The summed E-state index contributed by atoms with van der Waals surface area (Å²) in [4.78, 5) is 0. The van der Waals surface area contributed by atoms with Crippen molar-refractivity contribution in [2.75, 3.05) is 21.3 Å². The molecule has 10 heteroatoms. The van der Waals surface area contributed by atoms with E-state index in [1.54, 1.807) is 45.6 Å². The second kappa shape index (κ2) is 19.2. The summed E-state index contributed by atoms with van der Waals surface area (Å²) in [6, 6.07) is 21.8. The Labute approximate surface area is 367 Å². The lowest BCUT2D eigenvalue weighted by atomic mass is 9.84. The van der Waals surface area contributed by atoms with Crippen LogP contribution in [-0.2, 0) is 38.0 Å². The van der Waals surface area contributed by atoms with Crippen molar-refractivity contribution in [1.82, 2.24) is 0 Å².